The Morgan fingerprint density at radius 2 is 2.33 bits per heavy atom. The highest BCUT2D eigenvalue weighted by atomic mass is 32.1. The van der Waals surface area contributed by atoms with Gasteiger partial charge in [0.1, 0.15) is 0 Å². The Morgan fingerprint density at radius 3 is 2.83 bits per heavy atom. The third kappa shape index (κ3) is 4.31. The van der Waals surface area contributed by atoms with Crippen LogP contribution in [0.3, 0.4) is 0 Å². The molecule has 1 unspecified atom stereocenters. The van der Waals surface area contributed by atoms with Gasteiger partial charge in [0.05, 0.1) is 6.54 Å². The number of carbonyl (C=O) groups excluding carboxylic acids is 1. The predicted octanol–water partition coefficient (Wildman–Crippen LogP) is 1.29. The number of thiophene rings is 1. The molecule has 2 N–H and O–H groups in total. The summed E-state index contributed by atoms with van der Waals surface area (Å²) in [4.78, 5) is 23.1. The van der Waals surface area contributed by atoms with Crippen molar-refractivity contribution in [2.24, 2.45) is 0 Å². The molecule has 98 valence electrons. The van der Waals surface area contributed by atoms with Crippen molar-refractivity contribution in [1.29, 1.82) is 0 Å². The number of hydrogen-bond donors (Lipinski definition) is 2. The summed E-state index contributed by atoms with van der Waals surface area (Å²) in [5.74, 6) is -1.44. The lowest BCUT2D eigenvalue weighted by Crippen LogP contribution is -2.37. The largest absolute Gasteiger partial charge is 0.479 e. The summed E-state index contributed by atoms with van der Waals surface area (Å²) in [6.45, 7) is 1.90. The zero-order valence-electron chi connectivity index (χ0n) is 10.2. The Morgan fingerprint density at radius 1 is 1.61 bits per heavy atom. The van der Waals surface area contributed by atoms with E-state index < -0.39 is 12.1 Å². The van der Waals surface area contributed by atoms with Crippen LogP contribution in [0.5, 0.6) is 0 Å². The molecule has 0 saturated carbocycles. The van der Waals surface area contributed by atoms with Crippen LogP contribution in [0.15, 0.2) is 17.5 Å². The van der Waals surface area contributed by atoms with E-state index in [1.807, 2.05) is 18.4 Å². The zero-order valence-corrected chi connectivity index (χ0v) is 11.0. The molecule has 0 aliphatic carbocycles. The lowest BCUT2D eigenvalue weighted by atomic mass is 10.3. The van der Waals surface area contributed by atoms with Crippen molar-refractivity contribution < 1.29 is 19.4 Å². The molecule has 1 amide bonds. The third-order valence-corrected chi connectivity index (χ3v) is 3.29. The van der Waals surface area contributed by atoms with E-state index in [1.54, 1.807) is 6.08 Å². The second-order valence-electron chi connectivity index (χ2n) is 3.61. The molecule has 1 atom stereocenters. The molecule has 5 nitrogen and oxygen atoms in total. The minimum atomic E-state index is -1.10. The standard InChI is InChI=1S/C12H15NO4S/c1-8-5-6-18-10(8)3-4-11(14)13-7-9(17-2)12(15)16/h3-6,9H,7H2,1-2H3,(H,13,14)(H,15,16)/b4-3+. The van der Waals surface area contributed by atoms with E-state index in [0.29, 0.717) is 0 Å². The van der Waals surface area contributed by atoms with Gasteiger partial charge in [-0.05, 0) is 30.0 Å². The number of ether oxygens (including phenoxy) is 1. The van der Waals surface area contributed by atoms with Crippen molar-refractivity contribution in [2.45, 2.75) is 13.0 Å². The van der Waals surface area contributed by atoms with Crippen LogP contribution in [0.4, 0.5) is 0 Å². The van der Waals surface area contributed by atoms with E-state index in [0.717, 1.165) is 10.4 Å². The Hall–Kier alpha value is -1.66. The first-order valence-corrected chi connectivity index (χ1v) is 6.18. The fourth-order valence-corrected chi connectivity index (χ4v) is 2.05. The van der Waals surface area contributed by atoms with Crippen molar-refractivity contribution in [2.75, 3.05) is 13.7 Å². The Balaban J connectivity index is 2.45. The van der Waals surface area contributed by atoms with Gasteiger partial charge < -0.3 is 15.2 Å². The van der Waals surface area contributed by atoms with E-state index in [9.17, 15) is 9.59 Å². The number of methoxy groups -OCH3 is 1. The van der Waals surface area contributed by atoms with Crippen molar-refractivity contribution in [3.8, 4) is 0 Å². The summed E-state index contributed by atoms with van der Waals surface area (Å²) >= 11 is 1.54. The van der Waals surface area contributed by atoms with Crippen LogP contribution in [0.1, 0.15) is 10.4 Å². The molecule has 0 fully saturated rings. The van der Waals surface area contributed by atoms with E-state index >= 15 is 0 Å². The van der Waals surface area contributed by atoms with Crippen LogP contribution >= 0.6 is 11.3 Å². The highest BCUT2D eigenvalue weighted by molar-refractivity contribution is 7.11. The number of rotatable bonds is 6. The summed E-state index contributed by atoms with van der Waals surface area (Å²) in [6, 6.07) is 1.97. The molecule has 6 heteroatoms. The summed E-state index contributed by atoms with van der Waals surface area (Å²) in [5, 5.41) is 13.1. The van der Waals surface area contributed by atoms with E-state index in [4.69, 9.17) is 9.84 Å². The van der Waals surface area contributed by atoms with Crippen molar-refractivity contribution >= 4 is 29.3 Å². The van der Waals surface area contributed by atoms with Crippen LogP contribution < -0.4 is 5.32 Å². The van der Waals surface area contributed by atoms with Gasteiger partial charge in [0.2, 0.25) is 5.91 Å². The normalized spacial score (nSPS) is 12.6. The molecule has 0 spiro atoms. The van der Waals surface area contributed by atoms with E-state index in [1.165, 1.54) is 24.5 Å². The highest BCUT2D eigenvalue weighted by Crippen LogP contribution is 2.16. The molecule has 0 radical (unpaired) electrons. The number of aliphatic carboxylic acids is 1. The lowest BCUT2D eigenvalue weighted by Gasteiger charge is -2.09. The molecule has 0 saturated heterocycles. The molecule has 0 aromatic carbocycles. The zero-order chi connectivity index (χ0) is 13.5. The van der Waals surface area contributed by atoms with Gasteiger partial charge in [-0.3, -0.25) is 4.79 Å². The summed E-state index contributed by atoms with van der Waals surface area (Å²) in [6.07, 6.45) is 2.07. The van der Waals surface area contributed by atoms with Crippen LogP contribution in [-0.4, -0.2) is 36.7 Å². The first kappa shape index (κ1) is 14.4. The maximum absolute atomic E-state index is 11.5. The number of carboxylic acid groups (broad SMARTS) is 1. The topological polar surface area (TPSA) is 75.6 Å². The van der Waals surface area contributed by atoms with Gasteiger partial charge >= 0.3 is 5.97 Å². The van der Waals surface area contributed by atoms with Gasteiger partial charge in [0.15, 0.2) is 6.10 Å². The number of hydrogen-bond acceptors (Lipinski definition) is 4. The molecule has 1 heterocycles. The second kappa shape index (κ2) is 6.93. The highest BCUT2D eigenvalue weighted by Gasteiger charge is 2.16. The third-order valence-electron chi connectivity index (χ3n) is 2.31. The maximum atomic E-state index is 11.5. The SMILES string of the molecule is COC(CNC(=O)/C=C/c1sccc1C)C(=O)O. The monoisotopic (exact) mass is 269 g/mol. The maximum Gasteiger partial charge on any atom is 0.334 e. The fourth-order valence-electron chi connectivity index (χ4n) is 1.23. The summed E-state index contributed by atoms with van der Waals surface area (Å²) in [5.41, 5.74) is 1.10. The Kier molecular flexibility index (Phi) is 5.54. The predicted molar refractivity (Wildman–Crippen MR) is 69.5 cm³/mol. The average Bonchev–Trinajstić information content (AvgIpc) is 2.72. The molecule has 1 aromatic rings. The number of amides is 1. The molecule has 1 aromatic heterocycles. The number of carbonyl (C=O) groups is 2. The van der Waals surface area contributed by atoms with Gasteiger partial charge in [0.25, 0.3) is 0 Å². The lowest BCUT2D eigenvalue weighted by molar-refractivity contribution is -0.148. The summed E-state index contributed by atoms with van der Waals surface area (Å²) < 4.78 is 4.70. The van der Waals surface area contributed by atoms with Crippen LogP contribution in [0.25, 0.3) is 6.08 Å². The van der Waals surface area contributed by atoms with Gasteiger partial charge in [-0.15, -0.1) is 11.3 Å². The smallest absolute Gasteiger partial charge is 0.334 e. The number of nitrogens with one attached hydrogen (secondary N) is 1. The van der Waals surface area contributed by atoms with E-state index in [2.05, 4.69) is 5.32 Å². The first-order chi connectivity index (χ1) is 8.54. The average molecular weight is 269 g/mol. The van der Waals surface area contributed by atoms with Crippen LogP contribution in [0, 0.1) is 6.92 Å². The molecule has 1 rings (SSSR count). The number of aryl methyl sites for hydroxylation is 1. The van der Waals surface area contributed by atoms with Gasteiger partial charge in [-0.1, -0.05) is 0 Å². The van der Waals surface area contributed by atoms with Crippen molar-refractivity contribution in [1.82, 2.24) is 5.32 Å². The van der Waals surface area contributed by atoms with Crippen molar-refractivity contribution in [3.05, 3.63) is 28.0 Å². The van der Waals surface area contributed by atoms with Crippen molar-refractivity contribution in [3.63, 3.8) is 0 Å². The van der Waals surface area contributed by atoms with Crippen LogP contribution in [-0.2, 0) is 14.3 Å². The minimum absolute atomic E-state index is 0.0571. The molecular formula is C12H15NO4S. The second-order valence-corrected chi connectivity index (χ2v) is 4.56. The molecule has 18 heavy (non-hydrogen) atoms. The van der Waals surface area contributed by atoms with Gasteiger partial charge in [-0.25, -0.2) is 4.79 Å². The molecular weight excluding hydrogens is 254 g/mol. The first-order valence-electron chi connectivity index (χ1n) is 5.30. The Bertz CT molecular complexity index is 453. The van der Waals surface area contributed by atoms with Gasteiger partial charge in [0, 0.05) is 18.1 Å². The summed E-state index contributed by atoms with van der Waals surface area (Å²) in [7, 11) is 1.29. The minimum Gasteiger partial charge on any atom is -0.479 e. The molecule has 0 bridgehead atoms. The van der Waals surface area contributed by atoms with Gasteiger partial charge in [-0.2, -0.15) is 0 Å². The van der Waals surface area contributed by atoms with E-state index in [-0.39, 0.29) is 12.5 Å². The molecule has 0 aliphatic rings. The Labute approximate surface area is 109 Å². The molecule has 0 aliphatic heterocycles. The fraction of sp³-hybridized carbons (Fsp3) is 0.333. The quantitative estimate of drug-likeness (QED) is 0.763. The number of carboxylic acids is 1. The van der Waals surface area contributed by atoms with Crippen LogP contribution in [0.2, 0.25) is 0 Å².